The Hall–Kier alpha value is -2.13. The second-order valence-corrected chi connectivity index (χ2v) is 6.06. The number of anilines is 1. The fraction of sp³-hybridized carbons (Fsp3) is 0.562. The van der Waals surface area contributed by atoms with Crippen molar-refractivity contribution in [1.29, 1.82) is 5.26 Å². The van der Waals surface area contributed by atoms with Gasteiger partial charge < -0.3 is 4.90 Å². The van der Waals surface area contributed by atoms with E-state index in [0.29, 0.717) is 17.3 Å². The topological polar surface area (TPSA) is 73.4 Å². The summed E-state index contributed by atoms with van der Waals surface area (Å²) >= 11 is 0. The molecule has 0 unspecified atom stereocenters. The van der Waals surface area contributed by atoms with Gasteiger partial charge in [0.15, 0.2) is 0 Å². The Morgan fingerprint density at radius 2 is 2.00 bits per heavy atom. The molecule has 116 valence electrons. The Morgan fingerprint density at radius 3 is 2.68 bits per heavy atom. The molecule has 2 heterocycles. The molecular formula is C16H20N4O2. The fourth-order valence-electron chi connectivity index (χ4n) is 3.58. The van der Waals surface area contributed by atoms with Gasteiger partial charge in [0.25, 0.3) is 5.69 Å². The molecule has 0 bridgehead atoms. The van der Waals surface area contributed by atoms with Gasteiger partial charge in [0, 0.05) is 25.2 Å². The van der Waals surface area contributed by atoms with E-state index in [9.17, 15) is 10.1 Å². The first kappa shape index (κ1) is 14.8. The van der Waals surface area contributed by atoms with Gasteiger partial charge in [-0.05, 0) is 50.9 Å². The van der Waals surface area contributed by atoms with Crippen LogP contribution < -0.4 is 4.90 Å². The summed E-state index contributed by atoms with van der Waals surface area (Å²) in [4.78, 5) is 15.6. The Labute approximate surface area is 130 Å². The van der Waals surface area contributed by atoms with E-state index in [1.165, 1.54) is 25.3 Å². The van der Waals surface area contributed by atoms with Gasteiger partial charge in [-0.2, -0.15) is 5.26 Å². The van der Waals surface area contributed by atoms with Crippen LogP contribution in [0.3, 0.4) is 0 Å². The van der Waals surface area contributed by atoms with E-state index in [4.69, 9.17) is 5.26 Å². The molecule has 1 aromatic carbocycles. The summed E-state index contributed by atoms with van der Waals surface area (Å²) in [5.41, 5.74) is 1.03. The van der Waals surface area contributed by atoms with Crippen molar-refractivity contribution in [2.75, 3.05) is 31.1 Å². The second kappa shape index (κ2) is 6.32. The average molecular weight is 300 g/mol. The Morgan fingerprint density at radius 1 is 1.23 bits per heavy atom. The Balaban J connectivity index is 1.83. The monoisotopic (exact) mass is 300 g/mol. The molecule has 22 heavy (non-hydrogen) atoms. The summed E-state index contributed by atoms with van der Waals surface area (Å²) in [6.07, 6.45) is 4.74. The zero-order valence-corrected chi connectivity index (χ0v) is 12.6. The van der Waals surface area contributed by atoms with Crippen LogP contribution in [-0.4, -0.2) is 42.0 Å². The average Bonchev–Trinajstić information content (AvgIpc) is 3.09. The lowest BCUT2D eigenvalue weighted by molar-refractivity contribution is -0.384. The van der Waals surface area contributed by atoms with Gasteiger partial charge in [-0.25, -0.2) is 0 Å². The maximum Gasteiger partial charge on any atom is 0.293 e. The van der Waals surface area contributed by atoms with E-state index in [0.717, 1.165) is 32.6 Å². The van der Waals surface area contributed by atoms with Gasteiger partial charge in [0.1, 0.15) is 5.69 Å². The first-order valence-corrected chi connectivity index (χ1v) is 7.86. The maximum atomic E-state index is 11.3. The first-order valence-electron chi connectivity index (χ1n) is 7.86. The number of nitriles is 1. The predicted octanol–water partition coefficient (Wildman–Crippen LogP) is 2.53. The van der Waals surface area contributed by atoms with Crippen molar-refractivity contribution in [3.8, 4) is 6.07 Å². The molecule has 0 radical (unpaired) electrons. The highest BCUT2D eigenvalue weighted by molar-refractivity contribution is 5.66. The molecule has 0 amide bonds. The molecule has 6 nitrogen and oxygen atoms in total. The van der Waals surface area contributed by atoms with Crippen LogP contribution in [0.15, 0.2) is 18.2 Å². The molecule has 0 N–H and O–H groups in total. The summed E-state index contributed by atoms with van der Waals surface area (Å²) < 4.78 is 0. The highest BCUT2D eigenvalue weighted by Gasteiger charge is 2.30. The van der Waals surface area contributed by atoms with Crippen LogP contribution >= 0.6 is 0 Å². The number of likely N-dealkylation sites (tertiary alicyclic amines) is 1. The van der Waals surface area contributed by atoms with Gasteiger partial charge in [-0.1, -0.05) is 0 Å². The van der Waals surface area contributed by atoms with Gasteiger partial charge in [-0.3, -0.25) is 15.0 Å². The summed E-state index contributed by atoms with van der Waals surface area (Å²) in [5.74, 6) is 0. The van der Waals surface area contributed by atoms with Gasteiger partial charge in [0.2, 0.25) is 0 Å². The molecule has 2 aliphatic rings. The molecular weight excluding hydrogens is 280 g/mol. The van der Waals surface area contributed by atoms with Crippen LogP contribution in [0.2, 0.25) is 0 Å². The number of benzene rings is 1. The molecule has 2 saturated heterocycles. The number of nitro benzene ring substituents is 1. The molecule has 6 heteroatoms. The number of hydrogen-bond donors (Lipinski definition) is 0. The summed E-state index contributed by atoms with van der Waals surface area (Å²) in [7, 11) is 0. The molecule has 0 aliphatic carbocycles. The molecule has 0 saturated carbocycles. The summed E-state index contributed by atoms with van der Waals surface area (Å²) in [6.45, 7) is 3.98. The van der Waals surface area contributed by atoms with Gasteiger partial charge >= 0.3 is 0 Å². The standard InChI is InChI=1S/C16H20N4O2/c17-11-13-5-6-15(16(10-13)20(21)22)19-9-3-4-14(12-19)18-7-1-2-8-18/h5-6,10,14H,1-4,7-9,12H2/t14-/m1/s1. The lowest BCUT2D eigenvalue weighted by atomic mass is 10.0. The number of nitrogens with zero attached hydrogens (tertiary/aromatic N) is 4. The Kier molecular flexibility index (Phi) is 4.25. The third kappa shape index (κ3) is 2.90. The predicted molar refractivity (Wildman–Crippen MR) is 83.9 cm³/mol. The number of rotatable bonds is 3. The van der Waals surface area contributed by atoms with Crippen molar-refractivity contribution in [2.24, 2.45) is 0 Å². The van der Waals surface area contributed by atoms with E-state index >= 15 is 0 Å². The SMILES string of the molecule is N#Cc1ccc(N2CCC[C@@H](N3CCCC3)C2)c([N+](=O)[O-])c1. The lowest BCUT2D eigenvalue weighted by Crippen LogP contribution is -2.47. The zero-order chi connectivity index (χ0) is 15.5. The molecule has 0 spiro atoms. The molecule has 0 aromatic heterocycles. The highest BCUT2D eigenvalue weighted by Crippen LogP contribution is 2.32. The minimum Gasteiger partial charge on any atom is -0.364 e. The first-order chi connectivity index (χ1) is 10.7. The quantitative estimate of drug-likeness (QED) is 0.633. The van der Waals surface area contributed by atoms with E-state index in [2.05, 4.69) is 9.80 Å². The van der Waals surface area contributed by atoms with Crippen LogP contribution in [-0.2, 0) is 0 Å². The lowest BCUT2D eigenvalue weighted by Gasteiger charge is -2.38. The van der Waals surface area contributed by atoms with Crippen LogP contribution in [0.25, 0.3) is 0 Å². The van der Waals surface area contributed by atoms with Gasteiger partial charge in [0.05, 0.1) is 16.6 Å². The second-order valence-electron chi connectivity index (χ2n) is 6.06. The molecule has 1 aromatic rings. The number of nitro groups is 1. The van der Waals surface area contributed by atoms with Crippen molar-refractivity contribution < 1.29 is 4.92 Å². The molecule has 2 fully saturated rings. The molecule has 2 aliphatic heterocycles. The highest BCUT2D eigenvalue weighted by atomic mass is 16.6. The summed E-state index contributed by atoms with van der Waals surface area (Å²) in [6, 6.07) is 7.24. The van der Waals surface area contributed by atoms with Crippen LogP contribution in [0, 0.1) is 21.4 Å². The largest absolute Gasteiger partial charge is 0.364 e. The van der Waals surface area contributed by atoms with Crippen LogP contribution in [0.4, 0.5) is 11.4 Å². The minimum atomic E-state index is -0.379. The van der Waals surface area contributed by atoms with Crippen molar-refractivity contribution in [2.45, 2.75) is 31.7 Å². The third-order valence-corrected chi connectivity index (χ3v) is 4.70. The van der Waals surface area contributed by atoms with Crippen LogP contribution in [0.5, 0.6) is 0 Å². The van der Waals surface area contributed by atoms with Gasteiger partial charge in [-0.15, -0.1) is 0 Å². The Bertz CT molecular complexity index is 605. The summed E-state index contributed by atoms with van der Waals surface area (Å²) in [5, 5.41) is 20.3. The smallest absolute Gasteiger partial charge is 0.293 e. The van der Waals surface area contributed by atoms with Crippen molar-refractivity contribution >= 4 is 11.4 Å². The van der Waals surface area contributed by atoms with Crippen LogP contribution in [0.1, 0.15) is 31.2 Å². The zero-order valence-electron chi connectivity index (χ0n) is 12.6. The van der Waals surface area contributed by atoms with Crippen molar-refractivity contribution in [3.63, 3.8) is 0 Å². The van der Waals surface area contributed by atoms with E-state index < -0.39 is 0 Å². The van der Waals surface area contributed by atoms with E-state index in [1.807, 2.05) is 6.07 Å². The van der Waals surface area contributed by atoms with E-state index in [1.54, 1.807) is 12.1 Å². The van der Waals surface area contributed by atoms with Crippen molar-refractivity contribution in [3.05, 3.63) is 33.9 Å². The number of hydrogen-bond acceptors (Lipinski definition) is 5. The maximum absolute atomic E-state index is 11.3. The minimum absolute atomic E-state index is 0.0427. The van der Waals surface area contributed by atoms with Crippen molar-refractivity contribution in [1.82, 2.24) is 4.90 Å². The third-order valence-electron chi connectivity index (χ3n) is 4.70. The molecule has 3 rings (SSSR count). The van der Waals surface area contributed by atoms with E-state index in [-0.39, 0.29) is 10.6 Å². The molecule has 1 atom stereocenters. The number of piperidine rings is 1. The fourth-order valence-corrected chi connectivity index (χ4v) is 3.58. The normalized spacial score (nSPS) is 22.5.